The molecule has 3 saturated carbocycles. The first-order valence-corrected chi connectivity index (χ1v) is 9.99. The Morgan fingerprint density at radius 3 is 2.52 bits per heavy atom. The van der Waals surface area contributed by atoms with Crippen molar-refractivity contribution in [1.29, 1.82) is 0 Å². The van der Waals surface area contributed by atoms with E-state index in [1.807, 2.05) is 0 Å². The number of hydrogen-bond acceptors (Lipinski definition) is 2. The van der Waals surface area contributed by atoms with Crippen molar-refractivity contribution in [3.05, 3.63) is 11.8 Å². The third kappa shape index (κ3) is 1.85. The largest absolute Gasteiger partial charge is 0.512 e. The van der Waals surface area contributed by atoms with E-state index in [0.29, 0.717) is 29.4 Å². The van der Waals surface area contributed by atoms with Crippen LogP contribution in [0.2, 0.25) is 0 Å². The molecule has 0 amide bonds. The molecule has 7 atom stereocenters. The lowest BCUT2D eigenvalue weighted by Gasteiger charge is -2.60. The summed E-state index contributed by atoms with van der Waals surface area (Å²) < 4.78 is 0. The number of allylic oxidation sites excluding steroid dienone is 2. The van der Waals surface area contributed by atoms with E-state index in [0.717, 1.165) is 25.7 Å². The highest BCUT2D eigenvalue weighted by molar-refractivity contribution is 5.20. The first-order valence-electron chi connectivity index (χ1n) is 9.99. The number of fused-ring (bicyclic) bond motifs is 5. The Kier molecular flexibility index (Phi) is 3.48. The normalized spacial score (nSPS) is 55.6. The van der Waals surface area contributed by atoms with Crippen LogP contribution in [0.15, 0.2) is 11.8 Å². The number of aliphatic hydroxyl groups excluding tert-OH is 1. The lowest BCUT2D eigenvalue weighted by Crippen LogP contribution is -2.56. The first-order chi connectivity index (χ1) is 10.9. The van der Waals surface area contributed by atoms with Gasteiger partial charge in [-0.1, -0.05) is 20.8 Å². The van der Waals surface area contributed by atoms with Crippen molar-refractivity contribution in [2.45, 2.75) is 84.2 Å². The summed E-state index contributed by atoms with van der Waals surface area (Å²) in [6.45, 7) is 6.88. The minimum Gasteiger partial charge on any atom is -0.512 e. The van der Waals surface area contributed by atoms with E-state index in [1.165, 1.54) is 32.1 Å². The molecule has 0 aliphatic heterocycles. The fourth-order valence-electron chi connectivity index (χ4n) is 7.61. The van der Waals surface area contributed by atoms with Gasteiger partial charge >= 0.3 is 0 Å². The standard InChI is InChI=1S/C21H34O2/c1-4-21(23)13-11-16-15-9-8-14-6-5-7-18(22)20(14,3)17(15)10-12-19(16,21)2/h7,14-17,22-23H,4-6,8-13H2,1-3H3/t14?,15-,16-,17-,19-,20-,21+/m0/s1. The van der Waals surface area contributed by atoms with Crippen LogP contribution < -0.4 is 0 Å². The van der Waals surface area contributed by atoms with Crippen molar-refractivity contribution in [1.82, 2.24) is 0 Å². The lowest BCUT2D eigenvalue weighted by molar-refractivity contribution is -0.145. The molecule has 130 valence electrons. The lowest BCUT2D eigenvalue weighted by atomic mass is 9.45. The smallest absolute Gasteiger partial charge is 0.0947 e. The van der Waals surface area contributed by atoms with Crippen molar-refractivity contribution in [2.75, 3.05) is 0 Å². The molecule has 23 heavy (non-hydrogen) atoms. The molecule has 4 aliphatic rings. The van der Waals surface area contributed by atoms with Crippen LogP contribution in [0.4, 0.5) is 0 Å². The van der Waals surface area contributed by atoms with Crippen molar-refractivity contribution in [2.24, 2.45) is 34.5 Å². The molecule has 0 aromatic heterocycles. The number of aliphatic hydroxyl groups is 2. The summed E-state index contributed by atoms with van der Waals surface area (Å²) >= 11 is 0. The zero-order chi connectivity index (χ0) is 16.5. The first kappa shape index (κ1) is 16.0. The molecular formula is C21H34O2. The van der Waals surface area contributed by atoms with E-state index in [-0.39, 0.29) is 10.8 Å². The zero-order valence-corrected chi connectivity index (χ0v) is 15.1. The molecule has 0 aromatic carbocycles. The van der Waals surface area contributed by atoms with Gasteiger partial charge in [0.05, 0.1) is 11.4 Å². The van der Waals surface area contributed by atoms with Crippen molar-refractivity contribution >= 4 is 0 Å². The van der Waals surface area contributed by atoms with Crippen LogP contribution in [0, 0.1) is 34.5 Å². The van der Waals surface area contributed by atoms with E-state index in [9.17, 15) is 10.2 Å². The second-order valence-corrected chi connectivity index (χ2v) is 9.48. The van der Waals surface area contributed by atoms with Gasteiger partial charge in [0.15, 0.2) is 0 Å². The van der Waals surface area contributed by atoms with Crippen LogP contribution in [-0.4, -0.2) is 15.8 Å². The molecule has 4 rings (SSSR count). The van der Waals surface area contributed by atoms with Crippen molar-refractivity contribution < 1.29 is 10.2 Å². The fourth-order valence-corrected chi connectivity index (χ4v) is 7.61. The molecule has 2 nitrogen and oxygen atoms in total. The maximum Gasteiger partial charge on any atom is 0.0947 e. The summed E-state index contributed by atoms with van der Waals surface area (Å²) in [5.41, 5.74) is -0.347. The summed E-state index contributed by atoms with van der Waals surface area (Å²) in [5, 5.41) is 22.0. The molecule has 1 unspecified atom stereocenters. The van der Waals surface area contributed by atoms with Gasteiger partial charge in [-0.15, -0.1) is 0 Å². The SMILES string of the molecule is CC[C@@]1(O)CC[C@H]2[C@@H]3CCC4CCC=C(O)[C@]4(C)[C@H]3CC[C@@]21C. The van der Waals surface area contributed by atoms with Gasteiger partial charge in [0, 0.05) is 5.41 Å². The summed E-state index contributed by atoms with van der Waals surface area (Å²) in [4.78, 5) is 0. The molecule has 0 bridgehead atoms. The molecule has 0 saturated heterocycles. The minimum absolute atomic E-state index is 0.00934. The van der Waals surface area contributed by atoms with Crippen LogP contribution in [0.5, 0.6) is 0 Å². The van der Waals surface area contributed by atoms with Crippen LogP contribution in [0.3, 0.4) is 0 Å². The molecule has 0 spiro atoms. The average molecular weight is 319 g/mol. The predicted molar refractivity (Wildman–Crippen MR) is 93.1 cm³/mol. The van der Waals surface area contributed by atoms with Crippen molar-refractivity contribution in [3.8, 4) is 0 Å². The Morgan fingerprint density at radius 1 is 1.04 bits per heavy atom. The zero-order valence-electron chi connectivity index (χ0n) is 15.1. The van der Waals surface area contributed by atoms with Crippen molar-refractivity contribution in [3.63, 3.8) is 0 Å². The van der Waals surface area contributed by atoms with Gasteiger partial charge in [0.1, 0.15) is 0 Å². The molecule has 3 fully saturated rings. The molecular weight excluding hydrogens is 284 g/mol. The molecule has 0 heterocycles. The van der Waals surface area contributed by atoms with Crippen LogP contribution in [-0.2, 0) is 0 Å². The van der Waals surface area contributed by atoms with Gasteiger partial charge in [-0.3, -0.25) is 0 Å². The second kappa shape index (κ2) is 5.00. The highest BCUT2D eigenvalue weighted by atomic mass is 16.3. The van der Waals surface area contributed by atoms with E-state index < -0.39 is 5.60 Å². The molecule has 4 aliphatic carbocycles. The topological polar surface area (TPSA) is 40.5 Å². The predicted octanol–water partition coefficient (Wildman–Crippen LogP) is 5.22. The molecule has 2 heteroatoms. The Bertz CT molecular complexity index is 526. The van der Waals surface area contributed by atoms with Crippen LogP contribution in [0.1, 0.15) is 78.6 Å². The van der Waals surface area contributed by atoms with Crippen LogP contribution in [0.25, 0.3) is 0 Å². The summed E-state index contributed by atoms with van der Waals surface area (Å²) in [6.07, 6.45) is 12.4. The summed E-state index contributed by atoms with van der Waals surface area (Å²) in [7, 11) is 0. The highest BCUT2D eigenvalue weighted by Gasteiger charge is 2.64. The fraction of sp³-hybridized carbons (Fsp3) is 0.905. The third-order valence-electron chi connectivity index (χ3n) is 9.22. The molecule has 0 radical (unpaired) electrons. The maximum atomic E-state index is 11.2. The second-order valence-electron chi connectivity index (χ2n) is 9.48. The monoisotopic (exact) mass is 318 g/mol. The molecule has 2 N–H and O–H groups in total. The summed E-state index contributed by atoms with van der Waals surface area (Å²) in [5.74, 6) is 3.33. The van der Waals surface area contributed by atoms with E-state index in [1.54, 1.807) is 0 Å². The summed E-state index contributed by atoms with van der Waals surface area (Å²) in [6, 6.07) is 0. The maximum absolute atomic E-state index is 11.2. The molecule has 0 aromatic rings. The minimum atomic E-state index is -0.454. The van der Waals surface area contributed by atoms with E-state index >= 15 is 0 Å². The highest BCUT2D eigenvalue weighted by Crippen LogP contribution is 2.68. The van der Waals surface area contributed by atoms with Gasteiger partial charge in [-0.2, -0.15) is 0 Å². The van der Waals surface area contributed by atoms with Gasteiger partial charge in [0.2, 0.25) is 0 Å². The Labute approximate surface area is 141 Å². The average Bonchev–Trinajstić information content (AvgIpc) is 2.81. The Morgan fingerprint density at radius 2 is 1.78 bits per heavy atom. The van der Waals surface area contributed by atoms with Gasteiger partial charge < -0.3 is 10.2 Å². The third-order valence-corrected chi connectivity index (χ3v) is 9.22. The number of rotatable bonds is 1. The van der Waals surface area contributed by atoms with Gasteiger partial charge in [-0.25, -0.2) is 0 Å². The van der Waals surface area contributed by atoms with Gasteiger partial charge in [-0.05, 0) is 93.0 Å². The number of hydrogen-bond donors (Lipinski definition) is 2. The Hall–Kier alpha value is -0.500. The van der Waals surface area contributed by atoms with E-state index in [4.69, 9.17) is 0 Å². The van der Waals surface area contributed by atoms with Gasteiger partial charge in [0.25, 0.3) is 0 Å². The Balaban J connectivity index is 1.70. The quantitative estimate of drug-likeness (QED) is 0.695. The van der Waals surface area contributed by atoms with E-state index in [2.05, 4.69) is 26.8 Å². The van der Waals surface area contributed by atoms with Crippen LogP contribution >= 0.6 is 0 Å².